The van der Waals surface area contributed by atoms with E-state index < -0.39 is 0 Å². The molecule has 1 aliphatic rings. The lowest BCUT2D eigenvalue weighted by Gasteiger charge is -2.24. The first kappa shape index (κ1) is 15.3. The van der Waals surface area contributed by atoms with Crippen molar-refractivity contribution in [3.63, 3.8) is 0 Å². The van der Waals surface area contributed by atoms with E-state index in [4.69, 9.17) is 0 Å². The standard InChI is InChI=1S/C19H20N2O2/c1-13-6-2-4-8-16(13)20-18(22)11-10-15-12-14-7-3-5-9-17(14)21-19(15)23/h2-9,15H,10-12H2,1H3,(H,20,22)(H,21,23). The molecule has 0 aliphatic carbocycles. The van der Waals surface area contributed by atoms with E-state index in [1.54, 1.807) is 0 Å². The van der Waals surface area contributed by atoms with Crippen molar-refractivity contribution in [1.29, 1.82) is 0 Å². The first-order valence-corrected chi connectivity index (χ1v) is 7.88. The fourth-order valence-corrected chi connectivity index (χ4v) is 2.88. The zero-order valence-electron chi connectivity index (χ0n) is 13.1. The average molecular weight is 308 g/mol. The Morgan fingerprint density at radius 3 is 2.74 bits per heavy atom. The van der Waals surface area contributed by atoms with E-state index in [0.29, 0.717) is 19.3 Å². The van der Waals surface area contributed by atoms with E-state index in [0.717, 1.165) is 22.5 Å². The Hall–Kier alpha value is -2.62. The Kier molecular flexibility index (Phi) is 4.42. The van der Waals surface area contributed by atoms with Gasteiger partial charge in [-0.2, -0.15) is 0 Å². The minimum absolute atomic E-state index is 0.00684. The van der Waals surface area contributed by atoms with Gasteiger partial charge in [0, 0.05) is 23.7 Å². The van der Waals surface area contributed by atoms with Gasteiger partial charge in [-0.3, -0.25) is 9.59 Å². The molecule has 1 aliphatic heterocycles. The molecule has 0 saturated heterocycles. The first-order valence-electron chi connectivity index (χ1n) is 7.88. The van der Waals surface area contributed by atoms with Crippen LogP contribution in [0.1, 0.15) is 24.0 Å². The highest BCUT2D eigenvalue weighted by atomic mass is 16.2. The SMILES string of the molecule is Cc1ccccc1NC(=O)CCC1Cc2ccccc2NC1=O. The summed E-state index contributed by atoms with van der Waals surface area (Å²) < 4.78 is 0. The summed E-state index contributed by atoms with van der Waals surface area (Å²) >= 11 is 0. The number of fused-ring (bicyclic) bond motifs is 1. The van der Waals surface area contributed by atoms with Crippen LogP contribution >= 0.6 is 0 Å². The van der Waals surface area contributed by atoms with Gasteiger partial charge in [0.1, 0.15) is 0 Å². The van der Waals surface area contributed by atoms with Crippen molar-refractivity contribution in [3.8, 4) is 0 Å². The molecular formula is C19H20N2O2. The number of rotatable bonds is 4. The molecule has 0 saturated carbocycles. The lowest BCUT2D eigenvalue weighted by atomic mass is 9.89. The van der Waals surface area contributed by atoms with Crippen molar-refractivity contribution in [2.75, 3.05) is 10.6 Å². The molecule has 2 aromatic carbocycles. The topological polar surface area (TPSA) is 58.2 Å². The van der Waals surface area contributed by atoms with Gasteiger partial charge in [0.05, 0.1) is 0 Å². The van der Waals surface area contributed by atoms with Crippen LogP contribution in [0.15, 0.2) is 48.5 Å². The molecule has 2 N–H and O–H groups in total. The first-order chi connectivity index (χ1) is 11.1. The number of carbonyl (C=O) groups is 2. The third-order valence-electron chi connectivity index (χ3n) is 4.25. The highest BCUT2D eigenvalue weighted by Gasteiger charge is 2.26. The molecule has 2 amide bonds. The van der Waals surface area contributed by atoms with Gasteiger partial charge in [-0.1, -0.05) is 36.4 Å². The van der Waals surface area contributed by atoms with Gasteiger partial charge >= 0.3 is 0 Å². The Bertz CT molecular complexity index is 740. The van der Waals surface area contributed by atoms with Crippen LogP contribution in [0.3, 0.4) is 0 Å². The highest BCUT2D eigenvalue weighted by molar-refractivity contribution is 5.96. The number of hydrogen-bond donors (Lipinski definition) is 2. The predicted molar refractivity (Wildman–Crippen MR) is 91.3 cm³/mol. The molecule has 23 heavy (non-hydrogen) atoms. The van der Waals surface area contributed by atoms with Crippen LogP contribution in [0.2, 0.25) is 0 Å². The highest BCUT2D eigenvalue weighted by Crippen LogP contribution is 2.27. The molecule has 1 unspecified atom stereocenters. The predicted octanol–water partition coefficient (Wildman–Crippen LogP) is 3.52. The van der Waals surface area contributed by atoms with Crippen LogP contribution < -0.4 is 10.6 Å². The van der Waals surface area contributed by atoms with E-state index in [-0.39, 0.29) is 17.7 Å². The Morgan fingerprint density at radius 2 is 1.91 bits per heavy atom. The summed E-state index contributed by atoms with van der Waals surface area (Å²) in [6.45, 7) is 1.96. The molecule has 4 nitrogen and oxygen atoms in total. The Morgan fingerprint density at radius 1 is 1.17 bits per heavy atom. The smallest absolute Gasteiger partial charge is 0.227 e. The van der Waals surface area contributed by atoms with Crippen molar-refractivity contribution in [1.82, 2.24) is 0 Å². The fraction of sp³-hybridized carbons (Fsp3) is 0.263. The van der Waals surface area contributed by atoms with Crippen LogP contribution in [0, 0.1) is 12.8 Å². The van der Waals surface area contributed by atoms with E-state index >= 15 is 0 Å². The van der Waals surface area contributed by atoms with Gasteiger partial charge in [-0.15, -0.1) is 0 Å². The van der Waals surface area contributed by atoms with Gasteiger partial charge in [0.2, 0.25) is 11.8 Å². The van der Waals surface area contributed by atoms with Crippen molar-refractivity contribution in [2.24, 2.45) is 5.92 Å². The summed E-state index contributed by atoms with van der Waals surface area (Å²) in [6.07, 6.45) is 1.59. The molecule has 1 atom stereocenters. The summed E-state index contributed by atoms with van der Waals surface area (Å²) in [5.41, 5.74) is 3.88. The second-order valence-electron chi connectivity index (χ2n) is 5.95. The average Bonchev–Trinajstić information content (AvgIpc) is 2.55. The Balaban J connectivity index is 1.57. The van der Waals surface area contributed by atoms with Crippen LogP contribution in [0.25, 0.3) is 0 Å². The number of para-hydroxylation sites is 2. The van der Waals surface area contributed by atoms with E-state index in [2.05, 4.69) is 10.6 Å². The summed E-state index contributed by atoms with van der Waals surface area (Å²) in [5.74, 6) is -0.189. The van der Waals surface area contributed by atoms with Gasteiger partial charge in [-0.25, -0.2) is 0 Å². The van der Waals surface area contributed by atoms with Crippen LogP contribution in [-0.4, -0.2) is 11.8 Å². The van der Waals surface area contributed by atoms with Crippen molar-refractivity contribution >= 4 is 23.2 Å². The van der Waals surface area contributed by atoms with Gasteiger partial charge in [0.15, 0.2) is 0 Å². The molecule has 0 spiro atoms. The number of carbonyl (C=O) groups excluding carboxylic acids is 2. The second kappa shape index (κ2) is 6.65. The van der Waals surface area contributed by atoms with Crippen LogP contribution in [0.5, 0.6) is 0 Å². The molecule has 4 heteroatoms. The maximum absolute atomic E-state index is 12.1. The molecule has 0 radical (unpaired) electrons. The maximum atomic E-state index is 12.1. The number of aryl methyl sites for hydroxylation is 1. The quantitative estimate of drug-likeness (QED) is 0.908. The fourth-order valence-electron chi connectivity index (χ4n) is 2.88. The molecule has 3 rings (SSSR count). The van der Waals surface area contributed by atoms with Crippen molar-refractivity contribution < 1.29 is 9.59 Å². The van der Waals surface area contributed by atoms with Gasteiger partial charge in [0.25, 0.3) is 0 Å². The van der Waals surface area contributed by atoms with Crippen molar-refractivity contribution in [2.45, 2.75) is 26.2 Å². The lowest BCUT2D eigenvalue weighted by molar-refractivity contribution is -0.121. The number of nitrogens with one attached hydrogen (secondary N) is 2. The largest absolute Gasteiger partial charge is 0.326 e. The van der Waals surface area contributed by atoms with Crippen molar-refractivity contribution in [3.05, 3.63) is 59.7 Å². The van der Waals surface area contributed by atoms with Crippen LogP contribution in [0.4, 0.5) is 11.4 Å². The number of anilines is 2. The normalized spacial score (nSPS) is 16.4. The number of benzene rings is 2. The van der Waals surface area contributed by atoms with Gasteiger partial charge in [-0.05, 0) is 43.0 Å². The third kappa shape index (κ3) is 3.59. The van der Waals surface area contributed by atoms with Crippen LogP contribution in [-0.2, 0) is 16.0 Å². The summed E-state index contributed by atoms with van der Waals surface area (Å²) in [6, 6.07) is 15.5. The molecule has 0 bridgehead atoms. The number of hydrogen-bond acceptors (Lipinski definition) is 2. The lowest BCUT2D eigenvalue weighted by Crippen LogP contribution is -2.30. The second-order valence-corrected chi connectivity index (χ2v) is 5.95. The minimum Gasteiger partial charge on any atom is -0.326 e. The molecule has 2 aromatic rings. The van der Waals surface area contributed by atoms with E-state index in [1.165, 1.54) is 0 Å². The number of amides is 2. The summed E-state index contributed by atoms with van der Waals surface area (Å²) in [4.78, 5) is 24.3. The zero-order chi connectivity index (χ0) is 16.2. The van der Waals surface area contributed by atoms with Gasteiger partial charge < -0.3 is 10.6 Å². The molecule has 0 fully saturated rings. The molecule has 0 aromatic heterocycles. The van der Waals surface area contributed by atoms with E-state index in [1.807, 2.05) is 55.5 Å². The minimum atomic E-state index is -0.146. The van der Waals surface area contributed by atoms with E-state index in [9.17, 15) is 9.59 Å². The molecule has 118 valence electrons. The monoisotopic (exact) mass is 308 g/mol. The molecular weight excluding hydrogens is 288 g/mol. The maximum Gasteiger partial charge on any atom is 0.227 e. The summed E-state index contributed by atoms with van der Waals surface area (Å²) in [7, 11) is 0. The Labute approximate surface area is 135 Å². The third-order valence-corrected chi connectivity index (χ3v) is 4.25. The molecule has 1 heterocycles. The zero-order valence-corrected chi connectivity index (χ0v) is 13.1. The summed E-state index contributed by atoms with van der Waals surface area (Å²) in [5, 5.41) is 5.83.